The summed E-state index contributed by atoms with van der Waals surface area (Å²) in [5.74, 6) is 0. The van der Waals surface area contributed by atoms with Gasteiger partial charge in [-0.05, 0) is 77.0 Å². The average molecular weight is 476 g/mol. The van der Waals surface area contributed by atoms with E-state index in [1.807, 2.05) is 0 Å². The Balaban J connectivity index is -0.000000166. The van der Waals surface area contributed by atoms with E-state index in [1.54, 1.807) is 0 Å². The van der Waals surface area contributed by atoms with Crippen LogP contribution in [0.3, 0.4) is 0 Å². The second-order valence-electron chi connectivity index (χ2n) is 6.92. The quantitative estimate of drug-likeness (QED) is 0.231. The van der Waals surface area contributed by atoms with E-state index in [9.17, 15) is 15.3 Å². The van der Waals surface area contributed by atoms with Gasteiger partial charge in [0.2, 0.25) is 0 Å². The van der Waals surface area contributed by atoms with Crippen molar-refractivity contribution in [1.29, 1.82) is 0 Å². The standard InChI is InChI=1S/3C6H12NO2.3CH3.Ca/c3*1-9-6(8)5-3-2-4-7-5;;;;/h3*5-7H,2-4H2,1H3;3*1H3;/q6*-1;+2. The Morgan fingerprint density at radius 3 is 0.935 bits per heavy atom. The predicted octanol–water partition coefficient (Wildman–Crippen LogP) is -1.82. The minimum Gasteiger partial charge on any atom is -0.830 e. The Kier molecular flexibility index (Phi) is 30.3. The SMILES string of the molecule is COC([O-])C1CCCN1.COC([O-])C1CCCN1.COC([O-])C1CCCN1.[CH3-].[CH3-].[CH3-].[Ca+2]. The number of rotatable bonds is 6. The van der Waals surface area contributed by atoms with Crippen molar-refractivity contribution in [2.45, 2.75) is 75.5 Å². The van der Waals surface area contributed by atoms with Crippen LogP contribution in [0.15, 0.2) is 0 Å². The number of methoxy groups -OCH3 is 3. The van der Waals surface area contributed by atoms with Crippen molar-refractivity contribution >= 4 is 37.7 Å². The molecule has 186 valence electrons. The van der Waals surface area contributed by atoms with Crippen LogP contribution in [0.4, 0.5) is 0 Å². The molecule has 3 rings (SSSR count). The zero-order valence-corrected chi connectivity index (χ0v) is 22.7. The third-order valence-electron chi connectivity index (χ3n) is 4.98. The number of hydrogen-bond acceptors (Lipinski definition) is 9. The molecule has 6 atom stereocenters. The summed E-state index contributed by atoms with van der Waals surface area (Å²) in [7, 11) is 4.37. The van der Waals surface area contributed by atoms with Crippen LogP contribution in [-0.4, -0.2) is 116 Å². The van der Waals surface area contributed by atoms with E-state index in [-0.39, 0.29) is 78.1 Å². The molecule has 0 bridgehead atoms. The van der Waals surface area contributed by atoms with E-state index in [2.05, 4.69) is 30.2 Å². The summed E-state index contributed by atoms with van der Waals surface area (Å²) >= 11 is 0. The van der Waals surface area contributed by atoms with Crippen LogP contribution in [0.1, 0.15) is 38.5 Å². The molecule has 3 aliphatic rings. The van der Waals surface area contributed by atoms with E-state index >= 15 is 0 Å². The maximum Gasteiger partial charge on any atom is 2.00 e. The second-order valence-corrected chi connectivity index (χ2v) is 6.92. The van der Waals surface area contributed by atoms with E-state index in [0.29, 0.717) is 0 Å². The van der Waals surface area contributed by atoms with Gasteiger partial charge >= 0.3 is 37.7 Å². The van der Waals surface area contributed by atoms with E-state index < -0.39 is 18.9 Å². The van der Waals surface area contributed by atoms with E-state index in [0.717, 1.165) is 58.2 Å². The summed E-state index contributed by atoms with van der Waals surface area (Å²) in [5.41, 5.74) is 0. The fraction of sp³-hybridized carbons (Fsp3) is 0.857. The Labute approximate surface area is 221 Å². The molecule has 3 saturated heterocycles. The number of nitrogens with one attached hydrogen (secondary N) is 3. The second kappa shape index (κ2) is 24.0. The van der Waals surface area contributed by atoms with E-state index in [1.165, 1.54) is 21.3 Å². The molecule has 0 aromatic heterocycles. The van der Waals surface area contributed by atoms with Crippen LogP contribution in [0.2, 0.25) is 0 Å². The molecular weight excluding hydrogens is 430 g/mol. The summed E-state index contributed by atoms with van der Waals surface area (Å²) in [6.45, 7) is 2.90. The van der Waals surface area contributed by atoms with Crippen molar-refractivity contribution in [2.24, 2.45) is 0 Å². The molecule has 31 heavy (non-hydrogen) atoms. The van der Waals surface area contributed by atoms with Gasteiger partial charge in [-0.2, -0.15) is 0 Å². The monoisotopic (exact) mass is 475 g/mol. The largest absolute Gasteiger partial charge is 2.00 e. The smallest absolute Gasteiger partial charge is 0.830 e. The molecule has 9 nitrogen and oxygen atoms in total. The molecule has 3 fully saturated rings. The maximum absolute atomic E-state index is 10.8. The van der Waals surface area contributed by atoms with Gasteiger partial charge in [0.05, 0.1) is 0 Å². The normalized spacial score (nSPS) is 26.7. The van der Waals surface area contributed by atoms with Crippen LogP contribution in [0.5, 0.6) is 0 Å². The summed E-state index contributed by atoms with van der Waals surface area (Å²) < 4.78 is 13.8. The van der Waals surface area contributed by atoms with Crippen molar-refractivity contribution < 1.29 is 29.5 Å². The minimum atomic E-state index is -0.868. The molecule has 0 aromatic rings. The minimum absolute atomic E-state index is 0. The zero-order valence-electron chi connectivity index (χ0n) is 20.5. The number of hydrogen-bond donors (Lipinski definition) is 3. The molecule has 0 saturated carbocycles. The van der Waals surface area contributed by atoms with Crippen LogP contribution < -0.4 is 31.3 Å². The maximum atomic E-state index is 10.8. The predicted molar refractivity (Wildman–Crippen MR) is 120 cm³/mol. The number of ether oxygens (including phenoxy) is 3. The van der Waals surface area contributed by atoms with Gasteiger partial charge in [0.1, 0.15) is 0 Å². The van der Waals surface area contributed by atoms with Gasteiger partial charge in [0.25, 0.3) is 0 Å². The molecule has 0 amide bonds. The van der Waals surface area contributed by atoms with Crippen molar-refractivity contribution in [3.05, 3.63) is 22.3 Å². The fourth-order valence-corrected chi connectivity index (χ4v) is 3.32. The summed E-state index contributed by atoms with van der Waals surface area (Å²) in [5, 5.41) is 41.6. The van der Waals surface area contributed by atoms with Gasteiger partial charge in [-0.1, -0.05) is 0 Å². The molecule has 3 heterocycles. The zero-order chi connectivity index (χ0) is 20.1. The first-order chi connectivity index (χ1) is 13.0. The average Bonchev–Trinajstić information content (AvgIpc) is 3.48. The third-order valence-corrected chi connectivity index (χ3v) is 4.98. The Morgan fingerprint density at radius 1 is 0.581 bits per heavy atom. The van der Waals surface area contributed by atoms with Crippen molar-refractivity contribution in [3.8, 4) is 0 Å². The Bertz CT molecular complexity index is 304. The summed E-state index contributed by atoms with van der Waals surface area (Å²) in [6.07, 6.45) is 3.59. The molecule has 0 aliphatic carbocycles. The van der Waals surface area contributed by atoms with Gasteiger partial charge in [0, 0.05) is 39.5 Å². The Morgan fingerprint density at radius 2 is 0.806 bits per heavy atom. The van der Waals surface area contributed by atoms with Gasteiger partial charge in [-0.25, -0.2) is 0 Å². The van der Waals surface area contributed by atoms with Gasteiger partial charge < -0.3 is 67.8 Å². The Hall–Kier alpha value is 0.900. The van der Waals surface area contributed by atoms with Gasteiger partial charge in [0.15, 0.2) is 0 Å². The van der Waals surface area contributed by atoms with Crippen LogP contribution >= 0.6 is 0 Å². The van der Waals surface area contributed by atoms with Gasteiger partial charge in [-0.15, -0.1) is 0 Å². The van der Waals surface area contributed by atoms with Crippen LogP contribution in [-0.2, 0) is 14.2 Å². The molecule has 0 spiro atoms. The fourth-order valence-electron chi connectivity index (χ4n) is 3.32. The molecule has 3 aliphatic heterocycles. The first kappa shape index (κ1) is 39.1. The molecule has 3 N–H and O–H groups in total. The molecule has 6 unspecified atom stereocenters. The van der Waals surface area contributed by atoms with Crippen LogP contribution in [0.25, 0.3) is 0 Å². The van der Waals surface area contributed by atoms with Crippen molar-refractivity contribution in [1.82, 2.24) is 16.0 Å². The van der Waals surface area contributed by atoms with Crippen molar-refractivity contribution in [3.63, 3.8) is 0 Å². The first-order valence-electron chi connectivity index (χ1n) is 9.79. The summed E-state index contributed by atoms with van der Waals surface area (Å²) in [4.78, 5) is 0. The van der Waals surface area contributed by atoms with Gasteiger partial charge in [-0.3, -0.25) is 0 Å². The van der Waals surface area contributed by atoms with Crippen LogP contribution in [0, 0.1) is 22.3 Å². The molecule has 0 radical (unpaired) electrons. The third kappa shape index (κ3) is 16.2. The molecule has 10 heteroatoms. The molecular formula is C21H45CaN3O6-4. The van der Waals surface area contributed by atoms with E-state index in [4.69, 9.17) is 0 Å². The summed E-state index contributed by atoms with van der Waals surface area (Å²) in [6, 6.07) is 0.153. The first-order valence-corrected chi connectivity index (χ1v) is 9.79. The topological polar surface area (TPSA) is 133 Å². The van der Waals surface area contributed by atoms with Crippen molar-refractivity contribution in [2.75, 3.05) is 41.0 Å². The molecule has 0 aromatic carbocycles.